The average Bonchev–Trinajstić information content (AvgIpc) is 3.56. The van der Waals surface area contributed by atoms with E-state index in [1.807, 2.05) is 6.07 Å². The number of anilines is 1. The molecular formula is C26H20F3N3O4S. The van der Waals surface area contributed by atoms with Crippen molar-refractivity contribution < 1.29 is 31.2 Å². The van der Waals surface area contributed by atoms with Gasteiger partial charge in [0.15, 0.2) is 0 Å². The van der Waals surface area contributed by atoms with E-state index in [-0.39, 0.29) is 17.5 Å². The van der Waals surface area contributed by atoms with Crippen LogP contribution in [0, 0.1) is 6.92 Å². The molecule has 7 nitrogen and oxygen atoms in total. The Labute approximate surface area is 210 Å². The Bertz CT molecular complexity index is 1580. The molecule has 3 aromatic carbocycles. The summed E-state index contributed by atoms with van der Waals surface area (Å²) in [6.07, 6.45) is -3.92. The SMILES string of the molecule is Cc1cc(S(=O)(=O)N2CCc3cc(-c4ccc(C(F)(F)F)cc4)ccc32)ccc1C1=NOC(=O)[C@@H]2NC12. The van der Waals surface area contributed by atoms with Crippen molar-refractivity contribution in [1.29, 1.82) is 0 Å². The zero-order valence-electron chi connectivity index (χ0n) is 19.4. The van der Waals surface area contributed by atoms with Gasteiger partial charge in [-0.25, -0.2) is 13.2 Å². The van der Waals surface area contributed by atoms with Crippen molar-refractivity contribution in [3.63, 3.8) is 0 Å². The van der Waals surface area contributed by atoms with Crippen molar-refractivity contribution >= 4 is 27.4 Å². The Morgan fingerprint density at radius 2 is 1.73 bits per heavy atom. The van der Waals surface area contributed by atoms with Gasteiger partial charge in [-0.1, -0.05) is 29.4 Å². The van der Waals surface area contributed by atoms with E-state index >= 15 is 0 Å². The Kier molecular flexibility index (Phi) is 5.22. The number of benzene rings is 3. The van der Waals surface area contributed by atoms with Crippen molar-refractivity contribution in [3.8, 4) is 11.1 Å². The number of hydrogen-bond donors (Lipinski definition) is 1. The molecule has 3 aliphatic heterocycles. The van der Waals surface area contributed by atoms with Crippen molar-refractivity contribution in [2.45, 2.75) is 36.5 Å². The van der Waals surface area contributed by atoms with E-state index in [1.165, 1.54) is 22.5 Å². The highest BCUT2D eigenvalue weighted by molar-refractivity contribution is 7.92. The van der Waals surface area contributed by atoms with E-state index in [0.29, 0.717) is 40.1 Å². The fourth-order valence-corrected chi connectivity index (χ4v) is 6.46. The molecule has 0 aromatic heterocycles. The number of halogens is 3. The first-order valence-corrected chi connectivity index (χ1v) is 13.0. The van der Waals surface area contributed by atoms with Crippen LogP contribution in [0.3, 0.4) is 0 Å². The first-order valence-electron chi connectivity index (χ1n) is 11.5. The van der Waals surface area contributed by atoms with Gasteiger partial charge in [0.2, 0.25) is 0 Å². The van der Waals surface area contributed by atoms with Gasteiger partial charge in [0.25, 0.3) is 10.0 Å². The molecule has 3 aliphatic rings. The van der Waals surface area contributed by atoms with Crippen molar-refractivity contribution in [3.05, 3.63) is 82.9 Å². The summed E-state index contributed by atoms with van der Waals surface area (Å²) in [6.45, 7) is 2.03. The molecule has 0 saturated carbocycles. The third-order valence-electron chi connectivity index (χ3n) is 6.91. The predicted molar refractivity (Wildman–Crippen MR) is 130 cm³/mol. The quantitative estimate of drug-likeness (QED) is 0.408. The van der Waals surface area contributed by atoms with E-state index in [4.69, 9.17) is 4.84 Å². The van der Waals surface area contributed by atoms with E-state index in [9.17, 15) is 26.4 Å². The van der Waals surface area contributed by atoms with Gasteiger partial charge >= 0.3 is 12.1 Å². The second kappa shape index (κ2) is 8.15. The highest BCUT2D eigenvalue weighted by Crippen LogP contribution is 2.37. The summed E-state index contributed by atoms with van der Waals surface area (Å²) in [4.78, 5) is 16.5. The van der Waals surface area contributed by atoms with Gasteiger partial charge in [-0.3, -0.25) is 9.62 Å². The summed E-state index contributed by atoms with van der Waals surface area (Å²) in [6, 6.07) is 14.2. The standard InChI is InChI=1S/C26H20F3N3O4S/c1-14-12-19(7-8-20(14)22-23-24(30-23)25(33)36-31-22)37(34,35)32-11-10-17-13-16(4-9-21(17)32)15-2-5-18(6-3-15)26(27,28)29/h2-9,12-13,23-24,30H,10-11H2,1H3/t23?,24-/m1/s1. The molecule has 1 saturated heterocycles. The van der Waals surface area contributed by atoms with Gasteiger partial charge in [0.1, 0.15) is 11.8 Å². The maximum atomic E-state index is 13.5. The van der Waals surface area contributed by atoms with E-state index in [1.54, 1.807) is 31.2 Å². The molecule has 0 spiro atoms. The second-order valence-corrected chi connectivity index (χ2v) is 11.1. The lowest BCUT2D eigenvalue weighted by Crippen LogP contribution is -2.29. The normalized spacial score (nSPS) is 20.7. The molecule has 0 amide bonds. The second-order valence-electron chi connectivity index (χ2n) is 9.23. The molecule has 0 bridgehead atoms. The van der Waals surface area contributed by atoms with Crippen LogP contribution in [0.25, 0.3) is 11.1 Å². The highest BCUT2D eigenvalue weighted by Gasteiger charge is 2.51. The molecule has 1 unspecified atom stereocenters. The fraction of sp³-hybridized carbons (Fsp3) is 0.231. The number of sulfonamides is 1. The molecule has 11 heteroatoms. The number of carbonyl (C=O) groups is 1. The van der Waals surface area contributed by atoms with Crippen molar-refractivity contribution in [1.82, 2.24) is 5.32 Å². The zero-order chi connectivity index (χ0) is 26.1. The summed E-state index contributed by atoms with van der Waals surface area (Å²) in [7, 11) is -3.87. The van der Waals surface area contributed by atoms with E-state index in [0.717, 1.165) is 17.7 Å². The third-order valence-corrected chi connectivity index (χ3v) is 8.71. The van der Waals surface area contributed by atoms with Gasteiger partial charge in [0, 0.05) is 12.1 Å². The lowest BCUT2D eigenvalue weighted by atomic mass is 10.0. The fourth-order valence-electron chi connectivity index (χ4n) is 4.87. The predicted octanol–water partition coefficient (Wildman–Crippen LogP) is 4.03. The maximum absolute atomic E-state index is 13.5. The number of fused-ring (bicyclic) bond motifs is 2. The number of nitrogens with one attached hydrogen (secondary N) is 1. The zero-order valence-corrected chi connectivity index (χ0v) is 20.2. The minimum atomic E-state index is -4.41. The number of carbonyl (C=O) groups excluding carboxylic acids is 1. The van der Waals surface area contributed by atoms with Gasteiger partial charge in [-0.15, -0.1) is 0 Å². The summed E-state index contributed by atoms with van der Waals surface area (Å²) >= 11 is 0. The molecule has 190 valence electrons. The summed E-state index contributed by atoms with van der Waals surface area (Å²) in [5.74, 6) is -0.431. The molecule has 6 rings (SSSR count). The average molecular weight is 528 g/mol. The molecule has 0 radical (unpaired) electrons. The number of rotatable bonds is 4. The van der Waals surface area contributed by atoms with Gasteiger partial charge < -0.3 is 4.84 Å². The van der Waals surface area contributed by atoms with E-state index in [2.05, 4.69) is 10.5 Å². The first kappa shape index (κ1) is 23.7. The largest absolute Gasteiger partial charge is 0.416 e. The van der Waals surface area contributed by atoms with Crippen molar-refractivity contribution in [2.24, 2.45) is 5.16 Å². The Balaban J connectivity index is 1.27. The van der Waals surface area contributed by atoms with Crippen LogP contribution < -0.4 is 9.62 Å². The molecular weight excluding hydrogens is 507 g/mol. The van der Waals surface area contributed by atoms with Crippen LogP contribution in [0.2, 0.25) is 0 Å². The Morgan fingerprint density at radius 3 is 2.43 bits per heavy atom. The topological polar surface area (TPSA) is 98.0 Å². The molecule has 0 aliphatic carbocycles. The number of nitrogens with zero attached hydrogens (tertiary/aromatic N) is 2. The van der Waals surface area contributed by atoms with Crippen LogP contribution in [-0.4, -0.2) is 38.7 Å². The smallest absolute Gasteiger partial charge is 0.316 e. The van der Waals surface area contributed by atoms with Crippen LogP contribution in [0.4, 0.5) is 18.9 Å². The third kappa shape index (κ3) is 3.98. The minimum absolute atomic E-state index is 0.127. The lowest BCUT2D eigenvalue weighted by Gasteiger charge is -2.21. The molecule has 1 N–H and O–H groups in total. The van der Waals surface area contributed by atoms with Crippen molar-refractivity contribution in [2.75, 3.05) is 10.8 Å². The lowest BCUT2D eigenvalue weighted by molar-refractivity contribution is -0.143. The number of alkyl halides is 3. The van der Waals surface area contributed by atoms with Gasteiger partial charge in [-0.2, -0.15) is 13.2 Å². The summed E-state index contributed by atoms with van der Waals surface area (Å²) < 4.78 is 67.1. The highest BCUT2D eigenvalue weighted by atomic mass is 32.2. The number of hydrogen-bond acceptors (Lipinski definition) is 6. The van der Waals surface area contributed by atoms with E-state index < -0.39 is 33.8 Å². The van der Waals surface area contributed by atoms with Crippen LogP contribution in [-0.2, 0) is 32.3 Å². The molecule has 3 aromatic rings. The minimum Gasteiger partial charge on any atom is -0.316 e. The first-order chi connectivity index (χ1) is 17.5. The van der Waals surface area contributed by atoms with Gasteiger partial charge in [-0.05, 0) is 72.0 Å². The molecule has 3 heterocycles. The van der Waals surface area contributed by atoms with Crippen LogP contribution in [0.5, 0.6) is 0 Å². The summed E-state index contributed by atoms with van der Waals surface area (Å²) in [5.41, 5.74) is 3.91. The number of aryl methyl sites for hydroxylation is 1. The Hall–Kier alpha value is -3.70. The molecule has 1 fully saturated rings. The number of oxime groups is 1. The molecule has 37 heavy (non-hydrogen) atoms. The van der Waals surface area contributed by atoms with Gasteiger partial charge in [0.05, 0.1) is 22.2 Å². The van der Waals surface area contributed by atoms with Crippen LogP contribution in [0.15, 0.2) is 70.7 Å². The molecule has 2 atom stereocenters. The summed E-state index contributed by atoms with van der Waals surface area (Å²) in [5, 5.41) is 6.90. The Morgan fingerprint density at radius 1 is 1.00 bits per heavy atom. The maximum Gasteiger partial charge on any atom is 0.416 e. The monoisotopic (exact) mass is 527 g/mol. The van der Waals surface area contributed by atoms with Crippen LogP contribution >= 0.6 is 0 Å². The van der Waals surface area contributed by atoms with Crippen LogP contribution in [0.1, 0.15) is 22.3 Å².